The number of amides is 1. The molecule has 0 radical (unpaired) electrons. The predicted octanol–water partition coefficient (Wildman–Crippen LogP) is 2.57. The standard InChI is InChI=1S/C15H15ClN2O2/c1-18-7-6-9-11(16)2-3-13-15(9)10(8-18)12(20-13)4-5-14(17)19/h2-5H,6-8H2,1H3,(H2,17,19). The number of benzene rings is 1. The molecule has 4 nitrogen and oxygen atoms in total. The summed E-state index contributed by atoms with van der Waals surface area (Å²) in [6.45, 7) is 1.70. The van der Waals surface area contributed by atoms with Gasteiger partial charge in [0.15, 0.2) is 0 Å². The zero-order valence-electron chi connectivity index (χ0n) is 11.1. The molecule has 1 aromatic heterocycles. The van der Waals surface area contributed by atoms with Crippen molar-refractivity contribution in [3.63, 3.8) is 0 Å². The van der Waals surface area contributed by atoms with Crippen LogP contribution in [0.1, 0.15) is 16.9 Å². The SMILES string of the molecule is CN1CCc2c(Cl)ccc3oc(C=CC(N)=O)c(c23)C1. The second-order valence-electron chi connectivity index (χ2n) is 5.07. The first-order chi connectivity index (χ1) is 9.56. The van der Waals surface area contributed by atoms with Gasteiger partial charge in [-0.15, -0.1) is 0 Å². The predicted molar refractivity (Wildman–Crippen MR) is 79.5 cm³/mol. The van der Waals surface area contributed by atoms with E-state index in [1.807, 2.05) is 12.1 Å². The van der Waals surface area contributed by atoms with Crippen molar-refractivity contribution in [1.29, 1.82) is 0 Å². The van der Waals surface area contributed by atoms with E-state index in [2.05, 4.69) is 11.9 Å². The molecule has 0 spiro atoms. The second-order valence-corrected chi connectivity index (χ2v) is 5.47. The smallest absolute Gasteiger partial charge is 0.241 e. The van der Waals surface area contributed by atoms with Crippen molar-refractivity contribution >= 4 is 34.6 Å². The number of primary amides is 1. The molecule has 0 saturated carbocycles. The van der Waals surface area contributed by atoms with Gasteiger partial charge in [0.25, 0.3) is 0 Å². The number of hydrogen-bond donors (Lipinski definition) is 1. The van der Waals surface area contributed by atoms with Crippen molar-refractivity contribution in [2.24, 2.45) is 5.73 Å². The lowest BCUT2D eigenvalue weighted by Gasteiger charge is -2.12. The van der Waals surface area contributed by atoms with E-state index >= 15 is 0 Å². The summed E-state index contributed by atoms with van der Waals surface area (Å²) in [7, 11) is 2.06. The van der Waals surface area contributed by atoms with Crippen molar-refractivity contribution < 1.29 is 9.21 Å². The van der Waals surface area contributed by atoms with E-state index in [0.29, 0.717) is 5.76 Å². The van der Waals surface area contributed by atoms with Crippen molar-refractivity contribution in [1.82, 2.24) is 4.90 Å². The molecule has 1 aromatic carbocycles. The van der Waals surface area contributed by atoms with Gasteiger partial charge in [-0.05, 0) is 37.2 Å². The summed E-state index contributed by atoms with van der Waals surface area (Å²) in [4.78, 5) is 13.1. The average Bonchev–Trinajstić information content (AvgIpc) is 2.62. The summed E-state index contributed by atoms with van der Waals surface area (Å²) in [6, 6.07) is 3.73. The Hall–Kier alpha value is -1.78. The van der Waals surface area contributed by atoms with Crippen LogP contribution in [0.4, 0.5) is 0 Å². The van der Waals surface area contributed by atoms with E-state index in [9.17, 15) is 4.79 Å². The third kappa shape index (κ3) is 2.21. The summed E-state index contributed by atoms with van der Waals surface area (Å²) < 4.78 is 5.84. The maximum atomic E-state index is 10.9. The third-order valence-corrected chi connectivity index (χ3v) is 3.96. The Labute approximate surface area is 121 Å². The molecule has 0 bridgehead atoms. The Morgan fingerprint density at radius 3 is 3.00 bits per heavy atom. The monoisotopic (exact) mass is 290 g/mol. The topological polar surface area (TPSA) is 59.5 Å². The molecule has 104 valence electrons. The van der Waals surface area contributed by atoms with Gasteiger partial charge in [-0.2, -0.15) is 0 Å². The third-order valence-electron chi connectivity index (χ3n) is 3.61. The van der Waals surface area contributed by atoms with Crippen LogP contribution in [0.2, 0.25) is 5.02 Å². The normalized spacial score (nSPS) is 15.9. The molecule has 1 aliphatic heterocycles. The van der Waals surface area contributed by atoms with Crippen LogP contribution in [-0.2, 0) is 17.8 Å². The van der Waals surface area contributed by atoms with E-state index in [0.717, 1.165) is 46.6 Å². The Balaban J connectivity index is 2.25. The molecule has 2 heterocycles. The van der Waals surface area contributed by atoms with Gasteiger partial charge in [0.1, 0.15) is 11.3 Å². The van der Waals surface area contributed by atoms with E-state index in [-0.39, 0.29) is 0 Å². The molecule has 5 heteroatoms. The van der Waals surface area contributed by atoms with Crippen LogP contribution in [0.25, 0.3) is 17.0 Å². The molecular weight excluding hydrogens is 276 g/mol. The number of likely N-dealkylation sites (N-methyl/N-ethyl adjacent to an activating group) is 1. The Bertz CT molecular complexity index is 718. The summed E-state index contributed by atoms with van der Waals surface area (Å²) in [5.41, 5.74) is 8.14. The highest BCUT2D eigenvalue weighted by Crippen LogP contribution is 2.36. The molecule has 1 amide bonds. The van der Waals surface area contributed by atoms with E-state index in [1.54, 1.807) is 6.08 Å². The first-order valence-corrected chi connectivity index (χ1v) is 6.83. The highest BCUT2D eigenvalue weighted by Gasteiger charge is 2.22. The average molecular weight is 291 g/mol. The number of hydrogen-bond acceptors (Lipinski definition) is 3. The minimum Gasteiger partial charge on any atom is -0.456 e. The summed E-state index contributed by atoms with van der Waals surface area (Å²) >= 11 is 6.31. The van der Waals surface area contributed by atoms with Gasteiger partial charge in [-0.25, -0.2) is 0 Å². The van der Waals surface area contributed by atoms with E-state index in [4.69, 9.17) is 21.8 Å². The summed E-state index contributed by atoms with van der Waals surface area (Å²) in [5.74, 6) is 0.189. The molecule has 0 atom stereocenters. The first kappa shape index (κ1) is 13.2. The number of carbonyl (C=O) groups excluding carboxylic acids is 1. The Morgan fingerprint density at radius 2 is 2.25 bits per heavy atom. The highest BCUT2D eigenvalue weighted by atomic mass is 35.5. The van der Waals surface area contributed by atoms with Crippen LogP contribution >= 0.6 is 11.6 Å². The number of rotatable bonds is 2. The summed E-state index contributed by atoms with van der Waals surface area (Å²) in [6.07, 6.45) is 3.84. The molecular formula is C15H15ClN2O2. The zero-order chi connectivity index (χ0) is 14.3. The molecule has 3 rings (SSSR count). The van der Waals surface area contributed by atoms with Crippen LogP contribution < -0.4 is 5.73 Å². The van der Waals surface area contributed by atoms with Gasteiger partial charge in [0.05, 0.1) is 0 Å². The molecule has 1 aliphatic rings. The fourth-order valence-corrected chi connectivity index (χ4v) is 2.92. The first-order valence-electron chi connectivity index (χ1n) is 6.45. The van der Waals surface area contributed by atoms with Crippen LogP contribution in [0.5, 0.6) is 0 Å². The van der Waals surface area contributed by atoms with Gasteiger partial charge >= 0.3 is 0 Å². The molecule has 0 unspecified atom stereocenters. The zero-order valence-corrected chi connectivity index (χ0v) is 11.9. The van der Waals surface area contributed by atoms with E-state index in [1.165, 1.54) is 6.08 Å². The van der Waals surface area contributed by atoms with Gasteiger partial charge < -0.3 is 15.1 Å². The van der Waals surface area contributed by atoms with Crippen LogP contribution in [-0.4, -0.2) is 24.4 Å². The van der Waals surface area contributed by atoms with Crippen molar-refractivity contribution in [3.8, 4) is 0 Å². The fraction of sp³-hybridized carbons (Fsp3) is 0.267. The largest absolute Gasteiger partial charge is 0.456 e. The van der Waals surface area contributed by atoms with Gasteiger partial charge in [-0.3, -0.25) is 4.79 Å². The van der Waals surface area contributed by atoms with Crippen LogP contribution in [0.15, 0.2) is 22.6 Å². The Kier molecular flexibility index (Phi) is 3.28. The molecule has 2 aromatic rings. The number of halogens is 1. The molecule has 0 fully saturated rings. The highest BCUT2D eigenvalue weighted by molar-refractivity contribution is 6.32. The molecule has 0 aliphatic carbocycles. The lowest BCUT2D eigenvalue weighted by Crippen LogP contribution is -2.18. The molecule has 20 heavy (non-hydrogen) atoms. The lowest BCUT2D eigenvalue weighted by molar-refractivity contribution is -0.113. The quantitative estimate of drug-likeness (QED) is 0.865. The maximum Gasteiger partial charge on any atom is 0.241 e. The second kappa shape index (κ2) is 4.96. The lowest BCUT2D eigenvalue weighted by atomic mass is 10.0. The number of carbonyl (C=O) groups is 1. The number of nitrogens with two attached hydrogens (primary N) is 1. The maximum absolute atomic E-state index is 10.9. The van der Waals surface area contributed by atoms with Crippen LogP contribution in [0.3, 0.4) is 0 Å². The summed E-state index contributed by atoms with van der Waals surface area (Å²) in [5, 5.41) is 1.84. The van der Waals surface area contributed by atoms with Gasteiger partial charge in [0.2, 0.25) is 5.91 Å². The van der Waals surface area contributed by atoms with Gasteiger partial charge in [0, 0.05) is 35.1 Å². The number of nitrogens with zero attached hydrogens (tertiary/aromatic N) is 1. The molecule has 2 N–H and O–H groups in total. The fourth-order valence-electron chi connectivity index (χ4n) is 2.67. The minimum absolute atomic E-state index is 0.488. The van der Waals surface area contributed by atoms with Crippen molar-refractivity contribution in [2.45, 2.75) is 13.0 Å². The van der Waals surface area contributed by atoms with Crippen LogP contribution in [0, 0.1) is 0 Å². The van der Waals surface area contributed by atoms with Gasteiger partial charge in [-0.1, -0.05) is 11.6 Å². The Morgan fingerprint density at radius 1 is 1.45 bits per heavy atom. The minimum atomic E-state index is -0.488. The number of furan rings is 1. The van der Waals surface area contributed by atoms with Crippen molar-refractivity contribution in [2.75, 3.05) is 13.6 Å². The molecule has 0 saturated heterocycles. The van der Waals surface area contributed by atoms with E-state index < -0.39 is 5.91 Å². The van der Waals surface area contributed by atoms with Crippen molar-refractivity contribution in [3.05, 3.63) is 40.1 Å².